The van der Waals surface area contributed by atoms with Gasteiger partial charge in [-0.05, 0) is 25.0 Å². The van der Waals surface area contributed by atoms with Crippen LogP contribution in [-0.4, -0.2) is 50.2 Å². The molecule has 2 heterocycles. The minimum absolute atomic E-state index is 0.672. The van der Waals surface area contributed by atoms with E-state index in [1.165, 1.54) is 37.3 Å². The molecule has 3 rings (SSSR count). The van der Waals surface area contributed by atoms with Crippen molar-refractivity contribution in [3.63, 3.8) is 0 Å². The summed E-state index contributed by atoms with van der Waals surface area (Å²) in [6.07, 6.45) is 1.22. The maximum absolute atomic E-state index is 3.43. The quantitative estimate of drug-likeness (QED) is 0.867. The number of hydrogen-bond donors (Lipinski definition) is 1. The Morgan fingerprint density at radius 1 is 1.22 bits per heavy atom. The minimum atomic E-state index is 0.672. The van der Waals surface area contributed by atoms with Crippen molar-refractivity contribution in [3.8, 4) is 0 Å². The molecule has 18 heavy (non-hydrogen) atoms. The molecule has 3 nitrogen and oxygen atoms in total. The summed E-state index contributed by atoms with van der Waals surface area (Å²) in [5.41, 5.74) is 2.99. The third-order valence-corrected chi connectivity index (χ3v) is 4.22. The van der Waals surface area contributed by atoms with Gasteiger partial charge in [0, 0.05) is 51.0 Å². The summed E-state index contributed by atoms with van der Waals surface area (Å²) < 4.78 is 0. The van der Waals surface area contributed by atoms with Crippen LogP contribution in [0.4, 0.5) is 5.69 Å². The van der Waals surface area contributed by atoms with Crippen LogP contribution in [0.2, 0.25) is 0 Å². The number of para-hydroxylation sites is 1. The van der Waals surface area contributed by atoms with E-state index in [0.717, 1.165) is 19.6 Å². The van der Waals surface area contributed by atoms with Gasteiger partial charge in [-0.15, -0.1) is 0 Å². The summed E-state index contributed by atoms with van der Waals surface area (Å²) in [5.74, 6) is 0. The van der Waals surface area contributed by atoms with Crippen molar-refractivity contribution in [3.05, 3.63) is 29.8 Å². The molecule has 1 saturated heterocycles. The molecular formula is C15H23N3. The lowest BCUT2D eigenvalue weighted by atomic mass is 10.1. The second kappa shape index (κ2) is 5.29. The Kier molecular flexibility index (Phi) is 3.52. The van der Waals surface area contributed by atoms with Gasteiger partial charge in [0.1, 0.15) is 0 Å². The molecule has 1 unspecified atom stereocenters. The van der Waals surface area contributed by atoms with Crippen molar-refractivity contribution in [2.75, 3.05) is 44.2 Å². The number of fused-ring (bicyclic) bond motifs is 1. The molecule has 2 aliphatic heterocycles. The topological polar surface area (TPSA) is 18.5 Å². The first kappa shape index (κ1) is 12.0. The van der Waals surface area contributed by atoms with Gasteiger partial charge in [0.05, 0.1) is 0 Å². The number of hydrogen-bond acceptors (Lipinski definition) is 3. The molecule has 3 heteroatoms. The highest BCUT2D eigenvalue weighted by molar-refractivity contribution is 5.59. The van der Waals surface area contributed by atoms with Crippen LogP contribution >= 0.6 is 0 Å². The van der Waals surface area contributed by atoms with Crippen LogP contribution in [0.25, 0.3) is 0 Å². The van der Waals surface area contributed by atoms with Crippen LogP contribution in [0.1, 0.15) is 12.5 Å². The van der Waals surface area contributed by atoms with E-state index in [9.17, 15) is 0 Å². The molecule has 0 radical (unpaired) electrons. The van der Waals surface area contributed by atoms with Gasteiger partial charge in [-0.1, -0.05) is 18.2 Å². The Morgan fingerprint density at radius 3 is 2.78 bits per heavy atom. The predicted octanol–water partition coefficient (Wildman–Crippen LogP) is 1.34. The maximum atomic E-state index is 3.43. The van der Waals surface area contributed by atoms with Gasteiger partial charge in [-0.3, -0.25) is 4.90 Å². The van der Waals surface area contributed by atoms with Crippen LogP contribution in [0.5, 0.6) is 0 Å². The van der Waals surface area contributed by atoms with Crippen molar-refractivity contribution in [1.29, 1.82) is 0 Å². The average molecular weight is 245 g/mol. The molecule has 98 valence electrons. The lowest BCUT2D eigenvalue weighted by Gasteiger charge is -2.34. The standard InChI is InChI=1S/C15H23N3/c1-2-18-14(12-17-9-7-16-8-10-17)11-13-5-3-4-6-15(13)18/h3-6,14,16H,2,7-12H2,1H3. The number of likely N-dealkylation sites (N-methyl/N-ethyl adjacent to an activating group) is 1. The highest BCUT2D eigenvalue weighted by Gasteiger charge is 2.29. The Hall–Kier alpha value is -1.06. The van der Waals surface area contributed by atoms with Crippen LogP contribution in [0, 0.1) is 0 Å². The summed E-state index contributed by atoms with van der Waals surface area (Å²) in [6, 6.07) is 9.56. The molecular weight excluding hydrogens is 222 g/mol. The van der Waals surface area contributed by atoms with E-state index in [4.69, 9.17) is 0 Å². The third kappa shape index (κ3) is 2.25. The van der Waals surface area contributed by atoms with Crippen LogP contribution in [0.15, 0.2) is 24.3 Å². The van der Waals surface area contributed by atoms with Crippen molar-refractivity contribution >= 4 is 5.69 Å². The normalized spacial score (nSPS) is 24.3. The van der Waals surface area contributed by atoms with Crippen LogP contribution in [-0.2, 0) is 6.42 Å². The Morgan fingerprint density at radius 2 is 2.00 bits per heavy atom. The second-order valence-electron chi connectivity index (χ2n) is 5.32. The SMILES string of the molecule is CCN1c2ccccc2CC1CN1CCNCC1. The molecule has 1 N–H and O–H groups in total. The van der Waals surface area contributed by atoms with E-state index in [1.807, 2.05) is 0 Å². The summed E-state index contributed by atoms with van der Waals surface area (Å²) in [5, 5.41) is 3.43. The van der Waals surface area contributed by atoms with E-state index in [1.54, 1.807) is 0 Å². The van der Waals surface area contributed by atoms with E-state index in [2.05, 4.69) is 46.3 Å². The average Bonchev–Trinajstić information content (AvgIpc) is 2.77. The fraction of sp³-hybridized carbons (Fsp3) is 0.600. The van der Waals surface area contributed by atoms with Crippen molar-refractivity contribution in [1.82, 2.24) is 10.2 Å². The highest BCUT2D eigenvalue weighted by Crippen LogP contribution is 2.31. The zero-order valence-electron chi connectivity index (χ0n) is 11.2. The lowest BCUT2D eigenvalue weighted by Crippen LogP contribution is -2.49. The molecule has 0 aliphatic carbocycles. The third-order valence-electron chi connectivity index (χ3n) is 4.22. The van der Waals surface area contributed by atoms with Crippen molar-refractivity contribution in [2.45, 2.75) is 19.4 Å². The van der Waals surface area contributed by atoms with Gasteiger partial charge in [-0.2, -0.15) is 0 Å². The molecule has 0 aromatic heterocycles. The molecule has 1 fully saturated rings. The summed E-state index contributed by atoms with van der Waals surface area (Å²) in [6.45, 7) is 9.29. The fourth-order valence-electron chi connectivity index (χ4n) is 3.31. The van der Waals surface area contributed by atoms with Gasteiger partial charge in [0.2, 0.25) is 0 Å². The minimum Gasteiger partial charge on any atom is -0.367 e. The second-order valence-corrected chi connectivity index (χ2v) is 5.32. The van der Waals surface area contributed by atoms with E-state index < -0.39 is 0 Å². The number of rotatable bonds is 3. The summed E-state index contributed by atoms with van der Waals surface area (Å²) in [4.78, 5) is 5.19. The molecule has 1 atom stereocenters. The van der Waals surface area contributed by atoms with Gasteiger partial charge >= 0.3 is 0 Å². The molecule has 2 aliphatic rings. The highest BCUT2D eigenvalue weighted by atomic mass is 15.3. The maximum Gasteiger partial charge on any atom is 0.0458 e. The Bertz CT molecular complexity index is 398. The van der Waals surface area contributed by atoms with Crippen LogP contribution in [0.3, 0.4) is 0 Å². The largest absolute Gasteiger partial charge is 0.367 e. The Balaban J connectivity index is 1.70. The zero-order chi connectivity index (χ0) is 12.4. The first-order valence-electron chi connectivity index (χ1n) is 7.16. The molecule has 1 aromatic carbocycles. The van der Waals surface area contributed by atoms with Crippen LogP contribution < -0.4 is 10.2 Å². The van der Waals surface area contributed by atoms with E-state index >= 15 is 0 Å². The van der Waals surface area contributed by atoms with Gasteiger partial charge in [0.25, 0.3) is 0 Å². The molecule has 0 spiro atoms. The van der Waals surface area contributed by atoms with Gasteiger partial charge < -0.3 is 10.2 Å². The summed E-state index contributed by atoms with van der Waals surface area (Å²) in [7, 11) is 0. The molecule has 0 amide bonds. The lowest BCUT2D eigenvalue weighted by molar-refractivity contribution is 0.226. The predicted molar refractivity (Wildman–Crippen MR) is 76.3 cm³/mol. The zero-order valence-corrected chi connectivity index (χ0v) is 11.2. The fourth-order valence-corrected chi connectivity index (χ4v) is 3.31. The smallest absolute Gasteiger partial charge is 0.0458 e. The summed E-state index contributed by atoms with van der Waals surface area (Å²) >= 11 is 0. The number of piperazine rings is 1. The number of nitrogens with one attached hydrogen (secondary N) is 1. The van der Waals surface area contributed by atoms with Gasteiger partial charge in [0.15, 0.2) is 0 Å². The molecule has 1 aromatic rings. The van der Waals surface area contributed by atoms with E-state index in [-0.39, 0.29) is 0 Å². The van der Waals surface area contributed by atoms with Crippen molar-refractivity contribution < 1.29 is 0 Å². The first-order chi connectivity index (χ1) is 8.88. The molecule has 0 saturated carbocycles. The van der Waals surface area contributed by atoms with Crippen molar-refractivity contribution in [2.24, 2.45) is 0 Å². The molecule has 0 bridgehead atoms. The number of nitrogens with zero attached hydrogens (tertiary/aromatic N) is 2. The first-order valence-corrected chi connectivity index (χ1v) is 7.16. The van der Waals surface area contributed by atoms with E-state index in [0.29, 0.717) is 6.04 Å². The Labute approximate surface area is 110 Å². The number of benzene rings is 1. The number of anilines is 1. The monoisotopic (exact) mass is 245 g/mol. The van der Waals surface area contributed by atoms with Gasteiger partial charge in [-0.25, -0.2) is 0 Å².